The molecule has 0 aliphatic heterocycles. The first-order chi connectivity index (χ1) is 15.7. The van der Waals surface area contributed by atoms with E-state index in [1.54, 1.807) is 24.0 Å². The number of pyridine rings is 1. The molecule has 0 saturated heterocycles. The minimum Gasteiger partial charge on any atom is -0.475 e. The average Bonchev–Trinajstić information content (AvgIpc) is 2.78. The van der Waals surface area contributed by atoms with Gasteiger partial charge in [0.2, 0.25) is 5.88 Å². The molecule has 0 unspecified atom stereocenters. The van der Waals surface area contributed by atoms with E-state index in [4.69, 9.17) is 21.1 Å². The predicted octanol–water partition coefficient (Wildman–Crippen LogP) is 6.18. The van der Waals surface area contributed by atoms with Gasteiger partial charge >= 0.3 is 0 Å². The van der Waals surface area contributed by atoms with Crippen LogP contribution in [0.5, 0.6) is 5.88 Å². The number of aliphatic imine (C=N–C) groups is 1. The molecule has 0 fully saturated rings. The van der Waals surface area contributed by atoms with Gasteiger partial charge < -0.3 is 14.4 Å². The number of likely N-dealkylation sites (N-methyl/N-ethyl adjacent to an activating group) is 1. The van der Waals surface area contributed by atoms with Gasteiger partial charge in [-0.15, -0.1) is 0 Å². The highest BCUT2D eigenvalue weighted by molar-refractivity contribution is 6.30. The van der Waals surface area contributed by atoms with Gasteiger partial charge in [0, 0.05) is 31.3 Å². The van der Waals surface area contributed by atoms with E-state index in [-0.39, 0.29) is 18.0 Å². The van der Waals surface area contributed by atoms with Gasteiger partial charge in [-0.1, -0.05) is 36.7 Å². The second-order valence-electron chi connectivity index (χ2n) is 8.05. The molecule has 0 N–H and O–H groups in total. The Labute approximate surface area is 202 Å². The van der Waals surface area contributed by atoms with Gasteiger partial charge in [0.25, 0.3) is 5.91 Å². The number of ether oxygens (including phenoxy) is 2. The Morgan fingerprint density at radius 1 is 1.21 bits per heavy atom. The summed E-state index contributed by atoms with van der Waals surface area (Å²) in [6, 6.07) is 9.04. The maximum absolute atomic E-state index is 13.5. The smallest absolute Gasteiger partial charge is 0.254 e. The fraction of sp³-hybridized carbons (Fsp3) is 0.423. The molecule has 2 aromatic rings. The lowest BCUT2D eigenvalue weighted by Gasteiger charge is -2.29. The van der Waals surface area contributed by atoms with E-state index in [1.807, 2.05) is 45.9 Å². The predicted molar refractivity (Wildman–Crippen MR) is 135 cm³/mol. The molecule has 33 heavy (non-hydrogen) atoms. The van der Waals surface area contributed by atoms with Crippen LogP contribution in [-0.2, 0) is 4.74 Å². The number of halogens is 1. The van der Waals surface area contributed by atoms with Crippen LogP contribution in [0.15, 0.2) is 48.1 Å². The van der Waals surface area contributed by atoms with Crippen LogP contribution in [0.1, 0.15) is 62.5 Å². The van der Waals surface area contributed by atoms with Gasteiger partial charge in [0.15, 0.2) is 5.90 Å². The van der Waals surface area contributed by atoms with Crippen molar-refractivity contribution in [3.63, 3.8) is 0 Å². The standard InChI is InChI=1S/C26H34ClN3O3/c1-8-18(4)29-21(7)33-20(6)24-14-17(3)10-12-23(24)26(31)30(9-2)19(5)16-32-25-13-11-22(27)15-28-25/h10-15,18-19H,6,8-9,16H2,1-5,7H3/t18-,19+/m1/s1. The zero-order chi connectivity index (χ0) is 24.5. The minimum atomic E-state index is -0.183. The maximum atomic E-state index is 13.5. The van der Waals surface area contributed by atoms with Crippen molar-refractivity contribution in [2.24, 2.45) is 4.99 Å². The molecule has 1 aromatic heterocycles. The van der Waals surface area contributed by atoms with Gasteiger partial charge in [-0.3, -0.25) is 9.79 Å². The Morgan fingerprint density at radius 3 is 2.55 bits per heavy atom. The molecule has 0 aliphatic carbocycles. The molecule has 1 amide bonds. The molecule has 6 nitrogen and oxygen atoms in total. The average molecular weight is 472 g/mol. The summed E-state index contributed by atoms with van der Waals surface area (Å²) in [5.74, 6) is 1.27. The van der Waals surface area contributed by atoms with E-state index in [0.29, 0.717) is 46.8 Å². The zero-order valence-corrected chi connectivity index (χ0v) is 21.1. The van der Waals surface area contributed by atoms with E-state index in [9.17, 15) is 4.79 Å². The molecule has 0 saturated carbocycles. The molecule has 0 bridgehead atoms. The second kappa shape index (κ2) is 12.4. The topological polar surface area (TPSA) is 64.0 Å². The number of benzene rings is 1. The van der Waals surface area contributed by atoms with Crippen LogP contribution in [0.3, 0.4) is 0 Å². The lowest BCUT2D eigenvalue weighted by molar-refractivity contribution is 0.0646. The van der Waals surface area contributed by atoms with Crippen LogP contribution in [0, 0.1) is 6.92 Å². The Hall–Kier alpha value is -2.86. The maximum Gasteiger partial charge on any atom is 0.254 e. The number of carbonyl (C=O) groups excluding carboxylic acids is 1. The highest BCUT2D eigenvalue weighted by Gasteiger charge is 2.24. The van der Waals surface area contributed by atoms with Gasteiger partial charge in [-0.05, 0) is 52.3 Å². The molecule has 0 aliphatic rings. The number of nitrogens with zero attached hydrogens (tertiary/aromatic N) is 3. The summed E-state index contributed by atoms with van der Waals surface area (Å²) in [7, 11) is 0. The Kier molecular flexibility index (Phi) is 9.92. The SMILES string of the molecule is C=C(OC(C)=N[C@H](C)CC)c1cc(C)ccc1C(=O)N(CC)[C@@H](C)COc1ccc(Cl)cn1. The second-order valence-corrected chi connectivity index (χ2v) is 8.48. The number of hydrogen-bond donors (Lipinski definition) is 0. The summed E-state index contributed by atoms with van der Waals surface area (Å²) >= 11 is 5.88. The Bertz CT molecular complexity index is 989. The number of amides is 1. The van der Waals surface area contributed by atoms with Gasteiger partial charge in [0.1, 0.15) is 12.4 Å². The lowest BCUT2D eigenvalue weighted by Crippen LogP contribution is -2.42. The van der Waals surface area contributed by atoms with Crippen molar-refractivity contribution in [3.05, 3.63) is 64.8 Å². The van der Waals surface area contributed by atoms with Crippen LogP contribution >= 0.6 is 11.6 Å². The fourth-order valence-electron chi connectivity index (χ4n) is 3.29. The van der Waals surface area contributed by atoms with Crippen molar-refractivity contribution in [3.8, 4) is 5.88 Å². The highest BCUT2D eigenvalue weighted by atomic mass is 35.5. The molecule has 1 heterocycles. The molecule has 0 spiro atoms. The molecule has 2 atom stereocenters. The van der Waals surface area contributed by atoms with E-state index in [2.05, 4.69) is 23.5 Å². The van der Waals surface area contributed by atoms with Crippen LogP contribution < -0.4 is 4.74 Å². The molecule has 2 rings (SSSR count). The van der Waals surface area contributed by atoms with Gasteiger partial charge in [-0.25, -0.2) is 4.98 Å². The number of carbonyl (C=O) groups is 1. The summed E-state index contributed by atoms with van der Waals surface area (Å²) < 4.78 is 11.7. The van der Waals surface area contributed by atoms with Crippen molar-refractivity contribution in [2.45, 2.75) is 60.0 Å². The van der Waals surface area contributed by atoms with Gasteiger partial charge in [-0.2, -0.15) is 0 Å². The van der Waals surface area contributed by atoms with Crippen LogP contribution in [0.4, 0.5) is 0 Å². The third-order valence-electron chi connectivity index (χ3n) is 5.28. The normalized spacial score (nSPS) is 13.2. The number of aromatic nitrogens is 1. The largest absolute Gasteiger partial charge is 0.475 e. The number of rotatable bonds is 10. The first-order valence-corrected chi connectivity index (χ1v) is 11.6. The van der Waals surface area contributed by atoms with Crippen molar-refractivity contribution in [2.75, 3.05) is 13.2 Å². The third-order valence-corrected chi connectivity index (χ3v) is 5.50. The van der Waals surface area contributed by atoms with Crippen molar-refractivity contribution in [1.82, 2.24) is 9.88 Å². The lowest BCUT2D eigenvalue weighted by atomic mass is 10.0. The first-order valence-electron chi connectivity index (χ1n) is 11.2. The summed E-state index contributed by atoms with van der Waals surface area (Å²) in [5, 5.41) is 0.541. The first kappa shape index (κ1) is 26.4. The Morgan fingerprint density at radius 2 is 1.94 bits per heavy atom. The zero-order valence-electron chi connectivity index (χ0n) is 20.4. The van der Waals surface area contributed by atoms with E-state index in [1.165, 1.54) is 6.20 Å². The van der Waals surface area contributed by atoms with Crippen LogP contribution in [-0.4, -0.2) is 46.9 Å². The monoisotopic (exact) mass is 471 g/mol. The molecule has 0 radical (unpaired) electrons. The number of aryl methyl sites for hydroxylation is 1. The van der Waals surface area contributed by atoms with E-state index >= 15 is 0 Å². The van der Waals surface area contributed by atoms with E-state index in [0.717, 1.165) is 12.0 Å². The van der Waals surface area contributed by atoms with Crippen LogP contribution in [0.25, 0.3) is 5.76 Å². The summed E-state index contributed by atoms with van der Waals surface area (Å²) in [4.78, 5) is 23.9. The third kappa shape index (κ3) is 7.60. The molecular formula is C26H34ClN3O3. The van der Waals surface area contributed by atoms with E-state index < -0.39 is 0 Å². The molecular weight excluding hydrogens is 438 g/mol. The van der Waals surface area contributed by atoms with Gasteiger partial charge in [0.05, 0.1) is 22.7 Å². The minimum absolute atomic E-state index is 0.117. The van der Waals surface area contributed by atoms with Crippen molar-refractivity contribution in [1.29, 1.82) is 0 Å². The molecule has 1 aromatic carbocycles. The summed E-state index contributed by atoms with van der Waals surface area (Å²) in [6.45, 7) is 16.7. The summed E-state index contributed by atoms with van der Waals surface area (Å²) in [6.07, 6.45) is 2.44. The molecule has 7 heteroatoms. The number of hydrogen-bond acceptors (Lipinski definition) is 5. The quantitative estimate of drug-likeness (QED) is 0.236. The van der Waals surface area contributed by atoms with Crippen LogP contribution in [0.2, 0.25) is 5.02 Å². The fourth-order valence-corrected chi connectivity index (χ4v) is 3.40. The summed E-state index contributed by atoms with van der Waals surface area (Å²) in [5.41, 5.74) is 2.20. The molecule has 178 valence electrons. The highest BCUT2D eigenvalue weighted by Crippen LogP contribution is 2.24. The van der Waals surface area contributed by atoms with Crippen molar-refractivity contribution >= 4 is 29.2 Å². The van der Waals surface area contributed by atoms with Crippen molar-refractivity contribution < 1.29 is 14.3 Å². The Balaban J connectivity index is 2.21.